The van der Waals surface area contributed by atoms with Gasteiger partial charge in [0.25, 0.3) is 0 Å². The highest BCUT2D eigenvalue weighted by molar-refractivity contribution is 5.69. The number of nitrogens with zero attached hydrogens (tertiary/aromatic N) is 2. The van der Waals surface area contributed by atoms with Crippen LogP contribution in [0.3, 0.4) is 0 Å². The van der Waals surface area contributed by atoms with E-state index in [9.17, 15) is 4.79 Å². The molecule has 0 fully saturated rings. The van der Waals surface area contributed by atoms with E-state index in [1.54, 1.807) is 30.3 Å². The molecule has 0 saturated carbocycles. The maximum Gasteiger partial charge on any atom is 0.311 e. The van der Waals surface area contributed by atoms with Gasteiger partial charge in [0.2, 0.25) is 0 Å². The molecule has 5 heteroatoms. The number of phenolic OH excluding ortho intramolecular Hbond substituents is 1. The minimum absolute atomic E-state index is 0.175. The summed E-state index contributed by atoms with van der Waals surface area (Å²) in [4.78, 5) is 18.6. The Morgan fingerprint density at radius 2 is 1.88 bits per heavy atom. The van der Waals surface area contributed by atoms with E-state index in [2.05, 4.69) is 9.97 Å². The second-order valence-corrected chi connectivity index (χ2v) is 3.48. The maximum absolute atomic E-state index is 10.5. The fraction of sp³-hybridized carbons (Fsp3) is 0.0833. The fourth-order valence-electron chi connectivity index (χ4n) is 1.41. The number of carboxylic acids is 1. The molecule has 0 radical (unpaired) electrons. The van der Waals surface area contributed by atoms with Crippen LogP contribution in [0.25, 0.3) is 11.3 Å². The van der Waals surface area contributed by atoms with E-state index in [0.717, 1.165) is 5.56 Å². The standard InChI is InChI=1S/C12H10N2O3/c15-9-3-1-8(2-4-9)10-5-6-13-11(14-10)7-12(16)17/h1-6,15H,7H2,(H,16,17). The third-order valence-corrected chi connectivity index (χ3v) is 2.18. The van der Waals surface area contributed by atoms with Crippen LogP contribution in [0.4, 0.5) is 0 Å². The lowest BCUT2D eigenvalue weighted by Gasteiger charge is -2.02. The van der Waals surface area contributed by atoms with E-state index in [1.807, 2.05) is 0 Å². The van der Waals surface area contributed by atoms with Crippen LogP contribution in [-0.4, -0.2) is 26.2 Å². The Labute approximate surface area is 97.4 Å². The Morgan fingerprint density at radius 1 is 1.18 bits per heavy atom. The van der Waals surface area contributed by atoms with Gasteiger partial charge in [-0.3, -0.25) is 4.79 Å². The summed E-state index contributed by atoms with van der Waals surface area (Å²) in [5.74, 6) is -0.524. The lowest BCUT2D eigenvalue weighted by Crippen LogP contribution is -2.05. The molecule has 1 heterocycles. The van der Waals surface area contributed by atoms with Crippen molar-refractivity contribution in [3.05, 3.63) is 42.4 Å². The van der Waals surface area contributed by atoms with Gasteiger partial charge in [-0.2, -0.15) is 0 Å². The summed E-state index contributed by atoms with van der Waals surface area (Å²) >= 11 is 0. The Balaban J connectivity index is 2.32. The first kappa shape index (κ1) is 11.1. The molecular formula is C12H10N2O3. The van der Waals surface area contributed by atoms with Crippen molar-refractivity contribution in [1.29, 1.82) is 0 Å². The number of aromatic nitrogens is 2. The number of rotatable bonds is 3. The molecule has 2 rings (SSSR count). The number of hydrogen-bond acceptors (Lipinski definition) is 4. The highest BCUT2D eigenvalue weighted by Crippen LogP contribution is 2.19. The number of aromatic hydroxyl groups is 1. The van der Waals surface area contributed by atoms with Gasteiger partial charge in [-0.05, 0) is 30.3 Å². The molecule has 5 nitrogen and oxygen atoms in total. The number of aliphatic carboxylic acids is 1. The number of benzene rings is 1. The highest BCUT2D eigenvalue weighted by Gasteiger charge is 2.05. The molecule has 0 bridgehead atoms. The largest absolute Gasteiger partial charge is 0.508 e. The molecule has 2 N–H and O–H groups in total. The first-order valence-corrected chi connectivity index (χ1v) is 4.98. The van der Waals surface area contributed by atoms with Crippen LogP contribution in [0, 0.1) is 0 Å². The van der Waals surface area contributed by atoms with Crippen molar-refractivity contribution < 1.29 is 15.0 Å². The first-order chi connectivity index (χ1) is 8.15. The average Bonchev–Trinajstić information content (AvgIpc) is 2.29. The summed E-state index contributed by atoms with van der Waals surface area (Å²) in [6, 6.07) is 8.21. The van der Waals surface area contributed by atoms with E-state index in [4.69, 9.17) is 10.2 Å². The van der Waals surface area contributed by atoms with Crippen molar-refractivity contribution in [3.63, 3.8) is 0 Å². The van der Waals surface area contributed by atoms with Gasteiger partial charge in [-0.25, -0.2) is 9.97 Å². The fourth-order valence-corrected chi connectivity index (χ4v) is 1.41. The second-order valence-electron chi connectivity index (χ2n) is 3.48. The van der Waals surface area contributed by atoms with Crippen LogP contribution >= 0.6 is 0 Å². The highest BCUT2D eigenvalue weighted by atomic mass is 16.4. The average molecular weight is 230 g/mol. The summed E-state index contributed by atoms with van der Waals surface area (Å²) in [6.07, 6.45) is 1.32. The predicted octanol–water partition coefficient (Wildman–Crippen LogP) is 1.48. The van der Waals surface area contributed by atoms with Crippen LogP contribution in [0.15, 0.2) is 36.5 Å². The molecule has 0 unspecified atom stereocenters. The molecule has 0 aliphatic carbocycles. The van der Waals surface area contributed by atoms with Crippen molar-refractivity contribution in [1.82, 2.24) is 9.97 Å². The van der Waals surface area contributed by atoms with Gasteiger partial charge < -0.3 is 10.2 Å². The van der Waals surface area contributed by atoms with Crippen LogP contribution in [0.2, 0.25) is 0 Å². The lowest BCUT2D eigenvalue weighted by molar-refractivity contribution is -0.136. The molecule has 0 aliphatic rings. The van der Waals surface area contributed by atoms with Gasteiger partial charge in [-0.15, -0.1) is 0 Å². The predicted molar refractivity (Wildman–Crippen MR) is 60.5 cm³/mol. The van der Waals surface area contributed by atoms with Gasteiger partial charge in [0.05, 0.1) is 5.69 Å². The Kier molecular flexibility index (Phi) is 3.00. The van der Waals surface area contributed by atoms with E-state index < -0.39 is 5.97 Å². The third kappa shape index (κ3) is 2.78. The van der Waals surface area contributed by atoms with E-state index in [-0.39, 0.29) is 18.0 Å². The number of carboxylic acid groups (broad SMARTS) is 1. The summed E-state index contributed by atoms with van der Waals surface area (Å²) in [7, 11) is 0. The number of hydrogen-bond donors (Lipinski definition) is 2. The smallest absolute Gasteiger partial charge is 0.311 e. The molecule has 1 aromatic heterocycles. The molecule has 17 heavy (non-hydrogen) atoms. The molecule has 1 aromatic carbocycles. The Hall–Kier alpha value is -2.43. The zero-order valence-electron chi connectivity index (χ0n) is 8.87. The van der Waals surface area contributed by atoms with Crippen LogP contribution in [-0.2, 0) is 11.2 Å². The van der Waals surface area contributed by atoms with Crippen molar-refractivity contribution >= 4 is 5.97 Å². The Morgan fingerprint density at radius 3 is 2.53 bits per heavy atom. The van der Waals surface area contributed by atoms with Crippen molar-refractivity contribution in [2.24, 2.45) is 0 Å². The summed E-state index contributed by atoms with van der Waals surface area (Å²) in [5, 5.41) is 17.8. The van der Waals surface area contributed by atoms with Crippen LogP contribution < -0.4 is 0 Å². The van der Waals surface area contributed by atoms with Gasteiger partial charge in [0, 0.05) is 11.8 Å². The number of phenols is 1. The molecule has 0 saturated heterocycles. The topological polar surface area (TPSA) is 83.3 Å². The van der Waals surface area contributed by atoms with Crippen molar-refractivity contribution in [3.8, 4) is 17.0 Å². The summed E-state index contributed by atoms with van der Waals surface area (Å²) in [6.45, 7) is 0. The van der Waals surface area contributed by atoms with E-state index >= 15 is 0 Å². The van der Waals surface area contributed by atoms with Gasteiger partial charge in [0.15, 0.2) is 0 Å². The third-order valence-electron chi connectivity index (χ3n) is 2.18. The second kappa shape index (κ2) is 4.61. The quantitative estimate of drug-likeness (QED) is 0.834. The van der Waals surface area contributed by atoms with Gasteiger partial charge >= 0.3 is 5.97 Å². The zero-order chi connectivity index (χ0) is 12.3. The minimum atomic E-state index is -0.965. The normalized spacial score (nSPS) is 10.1. The molecular weight excluding hydrogens is 220 g/mol. The lowest BCUT2D eigenvalue weighted by atomic mass is 10.1. The number of carbonyl (C=O) groups is 1. The molecule has 2 aromatic rings. The molecule has 0 aliphatic heterocycles. The van der Waals surface area contributed by atoms with Crippen molar-refractivity contribution in [2.75, 3.05) is 0 Å². The SMILES string of the molecule is O=C(O)Cc1nccc(-c2ccc(O)cc2)n1. The molecule has 0 amide bonds. The van der Waals surface area contributed by atoms with E-state index in [1.165, 1.54) is 6.20 Å². The van der Waals surface area contributed by atoms with E-state index in [0.29, 0.717) is 5.69 Å². The van der Waals surface area contributed by atoms with Crippen LogP contribution in [0.1, 0.15) is 5.82 Å². The van der Waals surface area contributed by atoms with Gasteiger partial charge in [0.1, 0.15) is 18.0 Å². The monoisotopic (exact) mass is 230 g/mol. The first-order valence-electron chi connectivity index (χ1n) is 4.98. The zero-order valence-corrected chi connectivity index (χ0v) is 8.87. The molecule has 0 atom stereocenters. The maximum atomic E-state index is 10.5. The summed E-state index contributed by atoms with van der Waals surface area (Å²) < 4.78 is 0. The molecule has 0 spiro atoms. The van der Waals surface area contributed by atoms with Crippen LogP contribution in [0.5, 0.6) is 5.75 Å². The van der Waals surface area contributed by atoms with Gasteiger partial charge in [-0.1, -0.05) is 0 Å². The molecule has 86 valence electrons. The van der Waals surface area contributed by atoms with Crippen molar-refractivity contribution in [2.45, 2.75) is 6.42 Å². The minimum Gasteiger partial charge on any atom is -0.508 e. The Bertz CT molecular complexity index is 538. The summed E-state index contributed by atoms with van der Waals surface area (Å²) in [5.41, 5.74) is 1.44.